The summed E-state index contributed by atoms with van der Waals surface area (Å²) in [5, 5.41) is 0. The van der Waals surface area contributed by atoms with E-state index in [0.29, 0.717) is 24.3 Å². The third kappa shape index (κ3) is 3.39. The first-order valence-corrected chi connectivity index (χ1v) is 8.34. The van der Waals surface area contributed by atoms with Crippen LogP contribution in [-0.4, -0.2) is 60.5 Å². The Morgan fingerprint density at radius 2 is 1.74 bits per heavy atom. The normalized spacial score (nSPS) is 23.8. The first kappa shape index (κ1) is 16.0. The molecule has 23 heavy (non-hydrogen) atoms. The lowest BCUT2D eigenvalue weighted by molar-refractivity contribution is -0.142. The quantitative estimate of drug-likeness (QED) is 0.794. The van der Waals surface area contributed by atoms with Crippen LogP contribution in [0.4, 0.5) is 0 Å². The van der Waals surface area contributed by atoms with Crippen LogP contribution < -0.4 is 0 Å². The molecule has 0 saturated carbocycles. The molecule has 2 heterocycles. The predicted octanol–water partition coefficient (Wildman–Crippen LogP) is 1.71. The summed E-state index contributed by atoms with van der Waals surface area (Å²) in [6.07, 6.45) is 2.45. The van der Waals surface area contributed by atoms with E-state index in [1.807, 2.05) is 24.3 Å². The Morgan fingerprint density at radius 1 is 1.13 bits per heavy atom. The van der Waals surface area contributed by atoms with Crippen LogP contribution >= 0.6 is 0 Å². The zero-order chi connectivity index (χ0) is 16.4. The number of carbonyl (C=O) groups is 2. The molecule has 1 amide bonds. The summed E-state index contributed by atoms with van der Waals surface area (Å²) in [5.41, 5.74) is 1.58. The third-order valence-corrected chi connectivity index (χ3v) is 4.75. The Hall–Kier alpha value is -1.88. The van der Waals surface area contributed by atoms with Crippen molar-refractivity contribution < 1.29 is 14.3 Å². The van der Waals surface area contributed by atoms with E-state index in [9.17, 15) is 9.59 Å². The van der Waals surface area contributed by atoms with Gasteiger partial charge in [-0.05, 0) is 44.5 Å². The minimum Gasteiger partial charge on any atom is -0.466 e. The fraction of sp³-hybridized carbons (Fsp3) is 0.556. The van der Waals surface area contributed by atoms with Crippen molar-refractivity contribution in [1.29, 1.82) is 0 Å². The van der Waals surface area contributed by atoms with Crippen molar-refractivity contribution >= 4 is 11.9 Å². The zero-order valence-corrected chi connectivity index (χ0v) is 13.8. The Balaban J connectivity index is 1.68. The molecule has 2 aliphatic heterocycles. The average molecular weight is 316 g/mol. The fourth-order valence-electron chi connectivity index (χ4n) is 3.74. The number of fused-ring (bicyclic) bond motifs is 2. The minimum absolute atomic E-state index is 0.119. The summed E-state index contributed by atoms with van der Waals surface area (Å²) in [6.45, 7) is 4.11. The maximum atomic E-state index is 12.8. The summed E-state index contributed by atoms with van der Waals surface area (Å²) in [5.74, 6) is -0.114. The van der Waals surface area contributed by atoms with Gasteiger partial charge in [-0.3, -0.25) is 9.59 Å². The standard InChI is InChI=1S/C18H24N2O3/c1-3-23-17(21)10-13-4-6-14(7-5-13)18(22)20-15-8-9-16(20)12-19(2)11-15/h4-7,15-16H,3,8-12H2,1-2H3. The number of esters is 1. The van der Waals surface area contributed by atoms with Crippen LogP contribution in [0.1, 0.15) is 35.7 Å². The first-order chi connectivity index (χ1) is 11.1. The number of likely N-dealkylation sites (N-methyl/N-ethyl adjacent to an activating group) is 1. The summed E-state index contributed by atoms with van der Waals surface area (Å²) >= 11 is 0. The van der Waals surface area contributed by atoms with Crippen molar-refractivity contribution in [3.63, 3.8) is 0 Å². The van der Waals surface area contributed by atoms with Crippen molar-refractivity contribution in [1.82, 2.24) is 9.80 Å². The lowest BCUT2D eigenvalue weighted by Gasteiger charge is -2.39. The molecule has 0 N–H and O–H groups in total. The molecule has 1 aromatic rings. The van der Waals surface area contributed by atoms with Gasteiger partial charge in [0.2, 0.25) is 0 Å². The number of ether oxygens (including phenoxy) is 1. The first-order valence-electron chi connectivity index (χ1n) is 8.34. The van der Waals surface area contributed by atoms with Crippen LogP contribution in [0, 0.1) is 0 Å². The Kier molecular flexibility index (Phi) is 4.66. The number of nitrogens with zero attached hydrogens (tertiary/aromatic N) is 2. The number of rotatable bonds is 4. The molecule has 0 aromatic heterocycles. The predicted molar refractivity (Wildman–Crippen MR) is 87.3 cm³/mol. The maximum Gasteiger partial charge on any atom is 0.310 e. The number of benzene rings is 1. The Morgan fingerprint density at radius 3 is 2.30 bits per heavy atom. The fourth-order valence-corrected chi connectivity index (χ4v) is 3.74. The van der Waals surface area contributed by atoms with Crippen LogP contribution in [0.25, 0.3) is 0 Å². The van der Waals surface area contributed by atoms with Crippen LogP contribution in [0.3, 0.4) is 0 Å². The van der Waals surface area contributed by atoms with Gasteiger partial charge < -0.3 is 14.5 Å². The van der Waals surface area contributed by atoms with E-state index in [2.05, 4.69) is 16.8 Å². The van der Waals surface area contributed by atoms with E-state index >= 15 is 0 Å². The highest BCUT2D eigenvalue weighted by Gasteiger charge is 2.41. The molecule has 3 rings (SSSR count). The largest absolute Gasteiger partial charge is 0.466 e. The molecule has 1 aromatic carbocycles. The summed E-state index contributed by atoms with van der Waals surface area (Å²) < 4.78 is 4.95. The molecule has 2 bridgehead atoms. The Labute approximate surface area is 137 Å². The van der Waals surface area contributed by atoms with E-state index in [0.717, 1.165) is 31.5 Å². The van der Waals surface area contributed by atoms with Crippen molar-refractivity contribution in [2.45, 2.75) is 38.3 Å². The molecule has 2 fully saturated rings. The van der Waals surface area contributed by atoms with Gasteiger partial charge in [0.05, 0.1) is 13.0 Å². The topological polar surface area (TPSA) is 49.9 Å². The smallest absolute Gasteiger partial charge is 0.310 e. The van der Waals surface area contributed by atoms with Crippen molar-refractivity contribution in [2.75, 3.05) is 26.7 Å². The third-order valence-electron chi connectivity index (χ3n) is 4.75. The molecular weight excluding hydrogens is 292 g/mol. The van der Waals surface area contributed by atoms with E-state index in [-0.39, 0.29) is 18.3 Å². The zero-order valence-electron chi connectivity index (χ0n) is 13.8. The van der Waals surface area contributed by atoms with Crippen LogP contribution in [0.5, 0.6) is 0 Å². The van der Waals surface area contributed by atoms with Gasteiger partial charge in [-0.2, -0.15) is 0 Å². The van der Waals surface area contributed by atoms with Gasteiger partial charge in [-0.15, -0.1) is 0 Å². The van der Waals surface area contributed by atoms with Gasteiger partial charge in [0.15, 0.2) is 0 Å². The lowest BCUT2D eigenvalue weighted by Crippen LogP contribution is -2.54. The molecule has 0 aliphatic carbocycles. The number of likely N-dealkylation sites (tertiary alicyclic amines) is 1. The van der Waals surface area contributed by atoms with E-state index < -0.39 is 0 Å². The number of hydrogen-bond acceptors (Lipinski definition) is 4. The summed E-state index contributed by atoms with van der Waals surface area (Å²) in [4.78, 5) is 28.7. The highest BCUT2D eigenvalue weighted by Crippen LogP contribution is 2.31. The molecule has 0 radical (unpaired) electrons. The lowest BCUT2D eigenvalue weighted by atomic mass is 10.1. The molecule has 2 atom stereocenters. The van der Waals surface area contributed by atoms with Crippen LogP contribution in [-0.2, 0) is 16.0 Å². The van der Waals surface area contributed by atoms with Gasteiger partial charge >= 0.3 is 5.97 Å². The second-order valence-corrected chi connectivity index (χ2v) is 6.50. The Bertz CT molecular complexity index is 570. The highest BCUT2D eigenvalue weighted by atomic mass is 16.5. The van der Waals surface area contributed by atoms with E-state index in [1.165, 1.54) is 0 Å². The second kappa shape index (κ2) is 6.71. The molecule has 124 valence electrons. The van der Waals surface area contributed by atoms with Gasteiger partial charge in [0, 0.05) is 30.7 Å². The van der Waals surface area contributed by atoms with Crippen LogP contribution in [0.2, 0.25) is 0 Å². The second-order valence-electron chi connectivity index (χ2n) is 6.50. The average Bonchev–Trinajstić information content (AvgIpc) is 2.79. The maximum absolute atomic E-state index is 12.8. The number of hydrogen-bond donors (Lipinski definition) is 0. The molecular formula is C18H24N2O3. The van der Waals surface area contributed by atoms with Crippen molar-refractivity contribution in [2.24, 2.45) is 0 Å². The van der Waals surface area contributed by atoms with E-state index in [4.69, 9.17) is 4.74 Å². The highest BCUT2D eigenvalue weighted by molar-refractivity contribution is 5.95. The molecule has 0 spiro atoms. The summed E-state index contributed by atoms with van der Waals surface area (Å²) in [6, 6.07) is 8.03. The molecule has 2 saturated heterocycles. The number of piperazine rings is 1. The van der Waals surface area contributed by atoms with Gasteiger partial charge in [0.1, 0.15) is 0 Å². The van der Waals surface area contributed by atoms with Crippen molar-refractivity contribution in [3.8, 4) is 0 Å². The summed E-state index contributed by atoms with van der Waals surface area (Å²) in [7, 11) is 2.12. The molecule has 2 unspecified atom stereocenters. The minimum atomic E-state index is -0.233. The SMILES string of the molecule is CCOC(=O)Cc1ccc(C(=O)N2C3CCC2CN(C)C3)cc1. The van der Waals surface area contributed by atoms with Gasteiger partial charge in [-0.1, -0.05) is 12.1 Å². The van der Waals surface area contributed by atoms with Crippen molar-refractivity contribution in [3.05, 3.63) is 35.4 Å². The molecule has 2 aliphatic rings. The van der Waals surface area contributed by atoms with E-state index in [1.54, 1.807) is 6.92 Å². The number of carbonyl (C=O) groups excluding carboxylic acids is 2. The van der Waals surface area contributed by atoms with Crippen LogP contribution in [0.15, 0.2) is 24.3 Å². The van der Waals surface area contributed by atoms with Gasteiger partial charge in [0.25, 0.3) is 5.91 Å². The monoisotopic (exact) mass is 316 g/mol. The molecule has 5 nitrogen and oxygen atoms in total. The van der Waals surface area contributed by atoms with Gasteiger partial charge in [-0.25, -0.2) is 0 Å². The molecule has 5 heteroatoms. The number of amides is 1.